The van der Waals surface area contributed by atoms with Gasteiger partial charge in [0.1, 0.15) is 16.9 Å². The zero-order chi connectivity index (χ0) is 27.0. The van der Waals surface area contributed by atoms with Crippen molar-refractivity contribution in [2.45, 2.75) is 37.4 Å². The molecule has 0 N–H and O–H groups in total. The number of carbonyl (C=O) groups is 2. The van der Waals surface area contributed by atoms with Crippen LogP contribution in [0, 0.1) is 0 Å². The second-order valence-corrected chi connectivity index (χ2v) is 10.6. The number of carbonyl (C=O) groups excluding carboxylic acids is 2. The van der Waals surface area contributed by atoms with E-state index in [-0.39, 0.29) is 18.4 Å². The van der Waals surface area contributed by atoms with E-state index in [4.69, 9.17) is 9.47 Å². The van der Waals surface area contributed by atoms with Crippen LogP contribution in [0.1, 0.15) is 35.7 Å². The topological polar surface area (TPSA) is 93.0 Å². The molecule has 0 saturated carbocycles. The lowest BCUT2D eigenvalue weighted by molar-refractivity contribution is -0.134. The van der Waals surface area contributed by atoms with E-state index in [0.29, 0.717) is 45.8 Å². The molecule has 10 heteroatoms. The molecule has 2 aromatic carbocycles. The summed E-state index contributed by atoms with van der Waals surface area (Å²) in [7, 11) is 3.57. The maximum absolute atomic E-state index is 14.6. The normalized spacial score (nSPS) is 22.2. The van der Waals surface area contributed by atoms with Gasteiger partial charge in [0, 0.05) is 38.9 Å². The zero-order valence-electron chi connectivity index (χ0n) is 22.5. The van der Waals surface area contributed by atoms with Gasteiger partial charge in [0.25, 0.3) is 0 Å². The van der Waals surface area contributed by atoms with Gasteiger partial charge in [0.2, 0.25) is 11.8 Å². The van der Waals surface area contributed by atoms with E-state index < -0.39 is 11.5 Å². The number of aryl methyl sites for hydroxylation is 1. The van der Waals surface area contributed by atoms with Gasteiger partial charge in [0.05, 0.1) is 38.5 Å². The molecule has 39 heavy (non-hydrogen) atoms. The Morgan fingerprint density at radius 2 is 2.08 bits per heavy atom. The molecule has 2 amide bonds. The monoisotopic (exact) mass is 530 g/mol. The van der Waals surface area contributed by atoms with E-state index in [1.807, 2.05) is 76.5 Å². The Kier molecular flexibility index (Phi) is 6.82. The van der Waals surface area contributed by atoms with E-state index in [2.05, 4.69) is 10.3 Å². The minimum absolute atomic E-state index is 0.00696. The Morgan fingerprint density at radius 3 is 2.95 bits per heavy atom. The first-order valence-corrected chi connectivity index (χ1v) is 13.5. The lowest BCUT2D eigenvalue weighted by atomic mass is 9.72. The van der Waals surface area contributed by atoms with Crippen LogP contribution in [-0.4, -0.2) is 83.6 Å². The summed E-state index contributed by atoms with van der Waals surface area (Å²) in [6.45, 7) is 3.44. The van der Waals surface area contributed by atoms with E-state index >= 15 is 0 Å². The van der Waals surface area contributed by atoms with E-state index in [1.54, 1.807) is 11.8 Å². The molecular weight excluding hydrogens is 496 g/mol. The van der Waals surface area contributed by atoms with Crippen LogP contribution in [-0.2, 0) is 32.8 Å². The number of fused-ring (bicyclic) bond motifs is 8. The second kappa shape index (κ2) is 10.4. The highest BCUT2D eigenvalue weighted by Gasteiger charge is 2.61. The smallest absolute Gasteiger partial charge is 0.240 e. The Bertz CT molecular complexity index is 1380. The van der Waals surface area contributed by atoms with Crippen LogP contribution in [0.5, 0.6) is 5.75 Å². The van der Waals surface area contributed by atoms with Crippen molar-refractivity contribution >= 4 is 17.5 Å². The number of benzene rings is 2. The third-order valence-electron chi connectivity index (χ3n) is 8.11. The predicted octanol–water partition coefficient (Wildman–Crippen LogP) is 2.40. The van der Waals surface area contributed by atoms with E-state index in [9.17, 15) is 9.59 Å². The van der Waals surface area contributed by atoms with Gasteiger partial charge >= 0.3 is 0 Å². The quantitative estimate of drug-likeness (QED) is 0.500. The SMILES string of the molecule is COCCN(C)CC(=O)N1CC[C@]23C(=O)N(Cc4cn(nn4)CCCOc4cccc(c4)[C@H]12)c1ccccc13. The van der Waals surface area contributed by atoms with Crippen molar-refractivity contribution in [3.05, 3.63) is 71.5 Å². The van der Waals surface area contributed by atoms with Gasteiger partial charge in [-0.3, -0.25) is 19.2 Å². The Hall–Kier alpha value is -3.76. The first-order chi connectivity index (χ1) is 19.0. The van der Waals surface area contributed by atoms with Crippen molar-refractivity contribution in [3.8, 4) is 5.75 Å². The summed E-state index contributed by atoms with van der Waals surface area (Å²) in [5.41, 5.74) is 2.55. The van der Waals surface area contributed by atoms with Gasteiger partial charge in [0.15, 0.2) is 0 Å². The number of rotatable bonds is 5. The predicted molar refractivity (Wildman–Crippen MR) is 144 cm³/mol. The highest BCUT2D eigenvalue weighted by Crippen LogP contribution is 2.57. The molecule has 0 radical (unpaired) electrons. The number of aromatic nitrogens is 3. The highest BCUT2D eigenvalue weighted by atomic mass is 16.5. The summed E-state index contributed by atoms with van der Waals surface area (Å²) in [6, 6.07) is 15.4. The number of anilines is 1. The molecule has 204 valence electrons. The number of nitrogens with zero attached hydrogens (tertiary/aromatic N) is 6. The zero-order valence-corrected chi connectivity index (χ0v) is 22.5. The lowest BCUT2D eigenvalue weighted by Gasteiger charge is -2.36. The number of hydrogen-bond donors (Lipinski definition) is 0. The summed E-state index contributed by atoms with van der Waals surface area (Å²) >= 11 is 0. The fourth-order valence-electron chi connectivity index (χ4n) is 6.30. The largest absolute Gasteiger partial charge is 0.494 e. The van der Waals surface area contributed by atoms with Crippen LogP contribution >= 0.6 is 0 Å². The molecule has 10 nitrogen and oxygen atoms in total. The maximum Gasteiger partial charge on any atom is 0.240 e. The first kappa shape index (κ1) is 25.5. The average molecular weight is 531 g/mol. The third kappa shape index (κ3) is 4.47. The van der Waals surface area contributed by atoms with E-state index in [0.717, 1.165) is 34.7 Å². The summed E-state index contributed by atoms with van der Waals surface area (Å²) < 4.78 is 13.1. The molecule has 1 fully saturated rings. The van der Waals surface area contributed by atoms with Gasteiger partial charge in [-0.1, -0.05) is 35.5 Å². The maximum atomic E-state index is 14.6. The van der Waals surface area contributed by atoms with Crippen LogP contribution in [0.3, 0.4) is 0 Å². The minimum atomic E-state index is -0.911. The minimum Gasteiger partial charge on any atom is -0.494 e. The van der Waals surface area contributed by atoms with Crippen molar-refractivity contribution in [2.24, 2.45) is 0 Å². The Balaban J connectivity index is 1.47. The summed E-state index contributed by atoms with van der Waals surface area (Å²) in [4.78, 5) is 34.1. The molecule has 1 spiro atoms. The number of ether oxygens (including phenoxy) is 2. The summed E-state index contributed by atoms with van der Waals surface area (Å²) in [5, 5.41) is 8.63. The van der Waals surface area contributed by atoms with Gasteiger partial charge in [-0.05, 0) is 42.8 Å². The van der Waals surface area contributed by atoms with Crippen LogP contribution < -0.4 is 9.64 Å². The molecule has 3 aliphatic rings. The highest BCUT2D eigenvalue weighted by molar-refractivity contribution is 6.09. The summed E-state index contributed by atoms with van der Waals surface area (Å²) in [5.74, 6) is 0.711. The molecular formula is C29H34N6O4. The Morgan fingerprint density at radius 1 is 1.21 bits per heavy atom. The van der Waals surface area contributed by atoms with Crippen LogP contribution in [0.4, 0.5) is 5.69 Å². The van der Waals surface area contributed by atoms with Crippen LogP contribution in [0.25, 0.3) is 0 Å². The molecule has 0 unspecified atom stereocenters. The fourth-order valence-corrected chi connectivity index (χ4v) is 6.30. The van der Waals surface area contributed by atoms with Gasteiger partial charge in [-0.25, -0.2) is 0 Å². The number of likely N-dealkylation sites (tertiary alicyclic amines) is 1. The molecule has 0 aliphatic carbocycles. The van der Waals surface area contributed by atoms with Gasteiger partial charge < -0.3 is 19.3 Å². The van der Waals surface area contributed by atoms with Gasteiger partial charge in [-0.2, -0.15) is 0 Å². The number of methoxy groups -OCH3 is 1. The molecule has 2 atom stereocenters. The molecule has 1 aromatic heterocycles. The molecule has 3 aromatic rings. The van der Waals surface area contributed by atoms with Crippen molar-refractivity contribution < 1.29 is 19.1 Å². The van der Waals surface area contributed by atoms with E-state index in [1.165, 1.54) is 0 Å². The first-order valence-electron chi connectivity index (χ1n) is 13.5. The van der Waals surface area contributed by atoms with Crippen molar-refractivity contribution in [1.82, 2.24) is 24.8 Å². The Labute approximate surface area is 228 Å². The fraction of sp³-hybridized carbons (Fsp3) is 0.448. The number of para-hydroxylation sites is 1. The molecule has 3 aliphatic heterocycles. The van der Waals surface area contributed by atoms with Crippen molar-refractivity contribution in [1.29, 1.82) is 0 Å². The van der Waals surface area contributed by atoms with Crippen LogP contribution in [0.2, 0.25) is 0 Å². The number of amides is 2. The van der Waals surface area contributed by atoms with Crippen molar-refractivity contribution in [3.63, 3.8) is 0 Å². The third-order valence-corrected chi connectivity index (χ3v) is 8.11. The number of likely N-dealkylation sites (N-methyl/N-ethyl adjacent to an activating group) is 1. The standard InChI is InChI=1S/C29H34N6O4/c1-32(14-16-38-2)20-26(36)34-13-11-29-24-9-3-4-10-25(24)35(28(29)37)19-22-18-33(31-30-22)12-6-15-39-23-8-5-7-21(17-23)27(29)34/h3-5,7-10,17-18,27H,6,11-16,19-20H2,1-2H3/t27-,29+/m0/s1. The second-order valence-electron chi connectivity index (χ2n) is 10.6. The molecule has 6 rings (SSSR count). The average Bonchev–Trinajstić information content (AvgIpc) is 3.63. The van der Waals surface area contributed by atoms with Gasteiger partial charge in [-0.15, -0.1) is 5.10 Å². The van der Waals surface area contributed by atoms with Crippen LogP contribution in [0.15, 0.2) is 54.7 Å². The van der Waals surface area contributed by atoms with Crippen molar-refractivity contribution in [2.75, 3.05) is 51.9 Å². The molecule has 6 bridgehead atoms. The summed E-state index contributed by atoms with van der Waals surface area (Å²) in [6.07, 6.45) is 3.21. The number of hydrogen-bond acceptors (Lipinski definition) is 7. The molecule has 4 heterocycles. The lowest BCUT2D eigenvalue weighted by Crippen LogP contribution is -2.47. The molecule has 1 saturated heterocycles.